The lowest BCUT2D eigenvalue weighted by atomic mass is 10.1. The smallest absolute Gasteiger partial charge is 0.271 e. The quantitative estimate of drug-likeness (QED) is 0.504. The first-order chi connectivity index (χ1) is 10.9. The summed E-state index contributed by atoms with van der Waals surface area (Å²) in [5, 5.41) is 26.3. The molecule has 9 heteroatoms. The van der Waals surface area contributed by atoms with E-state index in [0.717, 1.165) is 11.6 Å². The third-order valence-corrected chi connectivity index (χ3v) is 3.21. The molecule has 23 heavy (non-hydrogen) atoms. The maximum Gasteiger partial charge on any atom is 0.301 e. The van der Waals surface area contributed by atoms with E-state index >= 15 is 0 Å². The SMILES string of the molecule is C/C(=N\Nc1ccc([N+](=O)[O-])cc1[N+](=O)[O-])c1cccc(Cl)c1. The van der Waals surface area contributed by atoms with E-state index in [4.69, 9.17) is 11.6 Å². The summed E-state index contributed by atoms with van der Waals surface area (Å²) in [6.45, 7) is 1.70. The highest BCUT2D eigenvalue weighted by molar-refractivity contribution is 6.31. The van der Waals surface area contributed by atoms with Gasteiger partial charge < -0.3 is 0 Å². The Kier molecular flexibility index (Phi) is 4.87. The zero-order chi connectivity index (χ0) is 17.0. The topological polar surface area (TPSA) is 111 Å². The molecule has 1 N–H and O–H groups in total. The highest BCUT2D eigenvalue weighted by Gasteiger charge is 2.19. The van der Waals surface area contributed by atoms with Crippen molar-refractivity contribution in [3.8, 4) is 0 Å². The number of non-ortho nitro benzene ring substituents is 1. The van der Waals surface area contributed by atoms with Crippen LogP contribution >= 0.6 is 11.6 Å². The fraction of sp³-hybridized carbons (Fsp3) is 0.0714. The molecule has 0 aromatic heterocycles. The third kappa shape index (κ3) is 4.01. The van der Waals surface area contributed by atoms with Crippen LogP contribution in [-0.4, -0.2) is 15.6 Å². The van der Waals surface area contributed by atoms with Crippen LogP contribution in [0, 0.1) is 20.2 Å². The summed E-state index contributed by atoms with van der Waals surface area (Å²) in [4.78, 5) is 20.3. The van der Waals surface area contributed by atoms with Crippen molar-refractivity contribution in [2.24, 2.45) is 5.10 Å². The highest BCUT2D eigenvalue weighted by Crippen LogP contribution is 2.29. The Balaban J connectivity index is 2.31. The zero-order valence-electron chi connectivity index (χ0n) is 11.9. The van der Waals surface area contributed by atoms with Crippen LogP contribution in [0.15, 0.2) is 47.6 Å². The van der Waals surface area contributed by atoms with E-state index in [-0.39, 0.29) is 11.4 Å². The van der Waals surface area contributed by atoms with Gasteiger partial charge in [-0.2, -0.15) is 5.10 Å². The Morgan fingerprint density at radius 2 is 1.87 bits per heavy atom. The van der Waals surface area contributed by atoms with E-state index in [1.807, 2.05) is 0 Å². The third-order valence-electron chi connectivity index (χ3n) is 2.98. The molecule has 0 amide bonds. The Morgan fingerprint density at radius 1 is 1.13 bits per heavy atom. The molecule has 0 aliphatic rings. The van der Waals surface area contributed by atoms with E-state index in [2.05, 4.69) is 10.5 Å². The van der Waals surface area contributed by atoms with Crippen LogP contribution < -0.4 is 5.43 Å². The van der Waals surface area contributed by atoms with Gasteiger partial charge in [-0.25, -0.2) is 0 Å². The fourth-order valence-corrected chi connectivity index (χ4v) is 1.99. The van der Waals surface area contributed by atoms with Gasteiger partial charge in [0.05, 0.1) is 21.6 Å². The number of anilines is 1. The van der Waals surface area contributed by atoms with Gasteiger partial charge in [0.2, 0.25) is 0 Å². The molecular weight excluding hydrogens is 324 g/mol. The predicted octanol–water partition coefficient (Wildman–Crippen LogP) is 3.99. The second-order valence-corrected chi connectivity index (χ2v) is 4.97. The molecule has 8 nitrogen and oxygen atoms in total. The number of halogens is 1. The first-order valence-corrected chi connectivity index (χ1v) is 6.75. The number of hydrazone groups is 1. The van der Waals surface area contributed by atoms with E-state index in [1.165, 1.54) is 12.1 Å². The number of rotatable bonds is 5. The number of benzene rings is 2. The average Bonchev–Trinajstić information content (AvgIpc) is 2.52. The van der Waals surface area contributed by atoms with Crippen LogP contribution in [0.4, 0.5) is 17.1 Å². The second kappa shape index (κ2) is 6.84. The Labute approximate surface area is 135 Å². The molecule has 2 rings (SSSR count). The summed E-state index contributed by atoms with van der Waals surface area (Å²) in [5.41, 5.74) is 3.13. The van der Waals surface area contributed by atoms with Crippen molar-refractivity contribution in [3.63, 3.8) is 0 Å². The number of nitrogens with one attached hydrogen (secondary N) is 1. The molecule has 0 aliphatic heterocycles. The summed E-state index contributed by atoms with van der Waals surface area (Å²) in [7, 11) is 0. The standard InChI is InChI=1S/C14H11ClN4O4/c1-9(10-3-2-4-11(15)7-10)16-17-13-6-5-12(18(20)21)8-14(13)19(22)23/h2-8,17H,1H3/b16-9+. The van der Waals surface area contributed by atoms with Gasteiger partial charge in [-0.05, 0) is 30.7 Å². The average molecular weight is 335 g/mol. The number of nitro benzene ring substituents is 2. The van der Waals surface area contributed by atoms with Gasteiger partial charge in [0, 0.05) is 11.1 Å². The van der Waals surface area contributed by atoms with E-state index < -0.39 is 15.5 Å². The molecule has 0 aliphatic carbocycles. The molecule has 0 bridgehead atoms. The fourth-order valence-electron chi connectivity index (χ4n) is 1.80. The maximum absolute atomic E-state index is 11.0. The molecule has 0 spiro atoms. The van der Waals surface area contributed by atoms with Crippen molar-refractivity contribution in [3.05, 3.63) is 73.3 Å². The molecule has 0 atom stereocenters. The van der Waals surface area contributed by atoms with Crippen LogP contribution in [0.25, 0.3) is 0 Å². The lowest BCUT2D eigenvalue weighted by molar-refractivity contribution is -0.393. The summed E-state index contributed by atoms with van der Waals surface area (Å²) in [6, 6.07) is 10.2. The van der Waals surface area contributed by atoms with Crippen molar-refractivity contribution < 1.29 is 9.85 Å². The van der Waals surface area contributed by atoms with Crippen LogP contribution in [0.3, 0.4) is 0 Å². The molecule has 0 fully saturated rings. The first kappa shape index (κ1) is 16.4. The van der Waals surface area contributed by atoms with E-state index in [1.54, 1.807) is 31.2 Å². The molecule has 2 aromatic carbocycles. The number of nitro groups is 2. The maximum atomic E-state index is 11.0. The molecule has 0 saturated carbocycles. The predicted molar refractivity (Wildman–Crippen MR) is 87.0 cm³/mol. The zero-order valence-corrected chi connectivity index (χ0v) is 12.6. The summed E-state index contributed by atoms with van der Waals surface area (Å²) in [6.07, 6.45) is 0. The molecule has 118 valence electrons. The number of hydrogen-bond donors (Lipinski definition) is 1. The van der Waals surface area contributed by atoms with Crippen LogP contribution in [0.5, 0.6) is 0 Å². The van der Waals surface area contributed by atoms with Gasteiger partial charge in [-0.1, -0.05) is 23.7 Å². The van der Waals surface area contributed by atoms with Crippen LogP contribution in [0.2, 0.25) is 5.02 Å². The monoisotopic (exact) mass is 334 g/mol. The van der Waals surface area contributed by atoms with Gasteiger partial charge in [0.1, 0.15) is 5.69 Å². The summed E-state index contributed by atoms with van der Waals surface area (Å²) in [5.74, 6) is 0. The molecule has 2 aromatic rings. The second-order valence-electron chi connectivity index (χ2n) is 4.54. The highest BCUT2D eigenvalue weighted by atomic mass is 35.5. The summed E-state index contributed by atoms with van der Waals surface area (Å²) < 4.78 is 0. The molecular formula is C14H11ClN4O4. The van der Waals surface area contributed by atoms with Crippen LogP contribution in [-0.2, 0) is 0 Å². The Hall–Kier alpha value is -3.00. The van der Waals surface area contributed by atoms with Gasteiger partial charge in [0.15, 0.2) is 0 Å². The minimum absolute atomic E-state index is 0.0574. The normalized spacial score (nSPS) is 11.1. The van der Waals surface area contributed by atoms with Gasteiger partial charge in [-0.3, -0.25) is 25.7 Å². The van der Waals surface area contributed by atoms with Gasteiger partial charge in [-0.15, -0.1) is 0 Å². The van der Waals surface area contributed by atoms with Crippen molar-refractivity contribution in [2.45, 2.75) is 6.92 Å². The lowest BCUT2D eigenvalue weighted by Gasteiger charge is -2.05. The largest absolute Gasteiger partial charge is 0.301 e. The van der Waals surface area contributed by atoms with Crippen molar-refractivity contribution in [2.75, 3.05) is 5.43 Å². The first-order valence-electron chi connectivity index (χ1n) is 6.37. The number of hydrogen-bond acceptors (Lipinski definition) is 6. The Morgan fingerprint density at radius 3 is 2.48 bits per heavy atom. The van der Waals surface area contributed by atoms with Gasteiger partial charge >= 0.3 is 5.69 Å². The van der Waals surface area contributed by atoms with E-state index in [0.29, 0.717) is 10.7 Å². The van der Waals surface area contributed by atoms with Gasteiger partial charge in [0.25, 0.3) is 5.69 Å². The molecule has 0 unspecified atom stereocenters. The van der Waals surface area contributed by atoms with E-state index in [9.17, 15) is 20.2 Å². The minimum atomic E-state index is -0.709. The van der Waals surface area contributed by atoms with Crippen molar-refractivity contribution in [1.29, 1.82) is 0 Å². The van der Waals surface area contributed by atoms with Crippen molar-refractivity contribution >= 4 is 34.4 Å². The minimum Gasteiger partial charge on any atom is -0.271 e. The number of nitrogens with zero attached hydrogens (tertiary/aromatic N) is 3. The van der Waals surface area contributed by atoms with Crippen LogP contribution in [0.1, 0.15) is 12.5 Å². The Bertz CT molecular complexity index is 807. The lowest BCUT2D eigenvalue weighted by Crippen LogP contribution is -2.02. The summed E-state index contributed by atoms with van der Waals surface area (Å²) >= 11 is 5.89. The molecule has 0 saturated heterocycles. The molecule has 0 radical (unpaired) electrons. The van der Waals surface area contributed by atoms with Crippen molar-refractivity contribution in [1.82, 2.24) is 0 Å². The molecule has 0 heterocycles.